The summed E-state index contributed by atoms with van der Waals surface area (Å²) >= 11 is 0. The number of hydrogen-bond acceptors (Lipinski definition) is 4. The van der Waals surface area contributed by atoms with Crippen molar-refractivity contribution in [3.63, 3.8) is 0 Å². The van der Waals surface area contributed by atoms with Gasteiger partial charge in [-0.15, -0.1) is 0 Å². The Balaban J connectivity index is 1.60. The van der Waals surface area contributed by atoms with E-state index in [-0.39, 0.29) is 12.5 Å². The first-order valence-corrected chi connectivity index (χ1v) is 7.59. The third-order valence-corrected chi connectivity index (χ3v) is 4.55. The van der Waals surface area contributed by atoms with Crippen LogP contribution in [-0.4, -0.2) is 17.9 Å². The monoisotopic (exact) mass is 277 g/mol. The van der Waals surface area contributed by atoms with Crippen LogP contribution in [0.25, 0.3) is 0 Å². The van der Waals surface area contributed by atoms with Crippen molar-refractivity contribution in [3.05, 3.63) is 17.7 Å². The molecule has 1 saturated carbocycles. The molecule has 20 heavy (non-hydrogen) atoms. The van der Waals surface area contributed by atoms with E-state index in [2.05, 4.69) is 12.2 Å². The van der Waals surface area contributed by atoms with Crippen LogP contribution in [0.4, 0.5) is 0 Å². The normalized spacial score (nSPS) is 20.1. The maximum atomic E-state index is 10.0. The molecule has 0 saturated heterocycles. The van der Waals surface area contributed by atoms with E-state index < -0.39 is 0 Å². The summed E-state index contributed by atoms with van der Waals surface area (Å²) in [6.45, 7) is 3.16. The summed E-state index contributed by atoms with van der Waals surface area (Å²) in [4.78, 5) is 0. The highest BCUT2D eigenvalue weighted by Gasteiger charge is 2.21. The summed E-state index contributed by atoms with van der Waals surface area (Å²) in [6, 6.07) is 4.00. The molecule has 0 aromatic heterocycles. The number of benzene rings is 1. The largest absolute Gasteiger partial charge is 0.507 e. The van der Waals surface area contributed by atoms with Gasteiger partial charge < -0.3 is 19.9 Å². The molecule has 3 rings (SSSR count). The van der Waals surface area contributed by atoms with Crippen LogP contribution in [0.15, 0.2) is 12.1 Å². The maximum Gasteiger partial charge on any atom is 0.231 e. The number of hydrogen-bond donors (Lipinski definition) is 2. The molecule has 2 N–H and O–H groups in total. The lowest BCUT2D eigenvalue weighted by Crippen LogP contribution is -2.34. The van der Waals surface area contributed by atoms with E-state index >= 15 is 0 Å². The van der Waals surface area contributed by atoms with Crippen LogP contribution in [0.1, 0.15) is 44.6 Å². The zero-order valence-electron chi connectivity index (χ0n) is 12.0. The number of fused-ring (bicyclic) bond motifs is 1. The van der Waals surface area contributed by atoms with E-state index in [1.807, 2.05) is 6.07 Å². The van der Waals surface area contributed by atoms with Crippen LogP contribution >= 0.6 is 0 Å². The van der Waals surface area contributed by atoms with Crippen molar-refractivity contribution in [2.75, 3.05) is 6.79 Å². The van der Waals surface area contributed by atoms with Crippen molar-refractivity contribution in [1.82, 2.24) is 5.32 Å². The Morgan fingerprint density at radius 3 is 2.65 bits per heavy atom. The summed E-state index contributed by atoms with van der Waals surface area (Å²) in [5.41, 5.74) is 0.872. The predicted octanol–water partition coefficient (Wildman–Crippen LogP) is 3.18. The molecule has 1 aliphatic heterocycles. The van der Waals surface area contributed by atoms with E-state index in [9.17, 15) is 5.11 Å². The van der Waals surface area contributed by atoms with Crippen LogP contribution in [0.5, 0.6) is 17.2 Å². The molecule has 1 aromatic rings. The van der Waals surface area contributed by atoms with Crippen molar-refractivity contribution in [2.45, 2.75) is 51.6 Å². The van der Waals surface area contributed by atoms with Crippen LogP contribution in [0, 0.1) is 5.92 Å². The number of ether oxygens (including phenoxy) is 2. The fraction of sp³-hybridized carbons (Fsp3) is 0.625. The van der Waals surface area contributed by atoms with Gasteiger partial charge in [0.1, 0.15) is 5.75 Å². The Hall–Kier alpha value is -1.42. The Morgan fingerprint density at radius 2 is 1.90 bits per heavy atom. The van der Waals surface area contributed by atoms with Crippen molar-refractivity contribution in [2.24, 2.45) is 5.92 Å². The molecule has 0 radical (unpaired) electrons. The molecule has 2 aliphatic rings. The van der Waals surface area contributed by atoms with Crippen molar-refractivity contribution >= 4 is 0 Å². The molecule has 1 fully saturated rings. The number of phenols is 1. The fourth-order valence-electron chi connectivity index (χ4n) is 3.19. The maximum absolute atomic E-state index is 10.0. The van der Waals surface area contributed by atoms with E-state index in [1.165, 1.54) is 32.1 Å². The molecule has 1 heterocycles. The third-order valence-electron chi connectivity index (χ3n) is 4.55. The second-order valence-electron chi connectivity index (χ2n) is 5.90. The van der Waals surface area contributed by atoms with Crippen LogP contribution in [0.2, 0.25) is 0 Å². The molecular formula is C16H23NO3. The molecule has 1 aromatic carbocycles. The van der Waals surface area contributed by atoms with Crippen LogP contribution < -0.4 is 14.8 Å². The average Bonchev–Trinajstić information content (AvgIpc) is 2.92. The van der Waals surface area contributed by atoms with Gasteiger partial charge in [0.15, 0.2) is 11.5 Å². The quantitative estimate of drug-likeness (QED) is 0.887. The highest BCUT2D eigenvalue weighted by Crippen LogP contribution is 2.37. The SMILES string of the molecule is C[C@H](NCc1cc2c(cc1O)OCO2)C1CCCCC1. The van der Waals surface area contributed by atoms with Gasteiger partial charge in [0, 0.05) is 24.2 Å². The summed E-state index contributed by atoms with van der Waals surface area (Å²) in [5, 5.41) is 13.6. The van der Waals surface area contributed by atoms with E-state index in [1.54, 1.807) is 6.07 Å². The van der Waals surface area contributed by atoms with Crippen molar-refractivity contribution in [1.29, 1.82) is 0 Å². The Labute approximate surface area is 120 Å². The minimum atomic E-state index is 0.240. The molecule has 1 atom stereocenters. The molecule has 1 aliphatic carbocycles. The molecule has 110 valence electrons. The Kier molecular flexibility index (Phi) is 4.01. The number of aromatic hydroxyl groups is 1. The standard InChI is InChI=1S/C16H23NO3/c1-11(12-5-3-2-4-6-12)17-9-13-7-15-16(8-14(13)18)20-10-19-15/h7-8,11-12,17-18H,2-6,9-10H2,1H3/t11-/m0/s1. The lowest BCUT2D eigenvalue weighted by molar-refractivity contribution is 0.174. The molecule has 4 nitrogen and oxygen atoms in total. The van der Waals surface area contributed by atoms with E-state index in [4.69, 9.17) is 9.47 Å². The fourth-order valence-corrected chi connectivity index (χ4v) is 3.19. The smallest absolute Gasteiger partial charge is 0.231 e. The first-order chi connectivity index (χ1) is 9.74. The lowest BCUT2D eigenvalue weighted by atomic mass is 9.84. The molecule has 0 spiro atoms. The second-order valence-corrected chi connectivity index (χ2v) is 5.90. The minimum absolute atomic E-state index is 0.240. The van der Waals surface area contributed by atoms with Gasteiger partial charge in [0.2, 0.25) is 6.79 Å². The average molecular weight is 277 g/mol. The zero-order chi connectivity index (χ0) is 13.9. The Bertz CT molecular complexity index is 469. The minimum Gasteiger partial charge on any atom is -0.507 e. The van der Waals surface area contributed by atoms with Crippen molar-refractivity contribution in [3.8, 4) is 17.2 Å². The van der Waals surface area contributed by atoms with E-state index in [0.717, 1.165) is 17.2 Å². The van der Waals surface area contributed by atoms with Gasteiger partial charge >= 0.3 is 0 Å². The first-order valence-electron chi connectivity index (χ1n) is 7.59. The van der Waals surface area contributed by atoms with E-state index in [0.29, 0.717) is 18.3 Å². The third kappa shape index (κ3) is 2.85. The van der Waals surface area contributed by atoms with Crippen LogP contribution in [0.3, 0.4) is 0 Å². The van der Waals surface area contributed by atoms with Gasteiger partial charge in [0.05, 0.1) is 0 Å². The topological polar surface area (TPSA) is 50.7 Å². The van der Waals surface area contributed by atoms with Gasteiger partial charge in [-0.2, -0.15) is 0 Å². The molecule has 0 amide bonds. The van der Waals surface area contributed by atoms with Gasteiger partial charge in [0.25, 0.3) is 0 Å². The van der Waals surface area contributed by atoms with Gasteiger partial charge in [-0.3, -0.25) is 0 Å². The lowest BCUT2D eigenvalue weighted by Gasteiger charge is -2.28. The highest BCUT2D eigenvalue weighted by molar-refractivity contribution is 5.51. The van der Waals surface area contributed by atoms with Gasteiger partial charge in [-0.25, -0.2) is 0 Å². The Morgan fingerprint density at radius 1 is 1.20 bits per heavy atom. The highest BCUT2D eigenvalue weighted by atomic mass is 16.7. The number of phenolic OH excluding ortho intramolecular Hbond substituents is 1. The predicted molar refractivity (Wildman–Crippen MR) is 77.1 cm³/mol. The van der Waals surface area contributed by atoms with Gasteiger partial charge in [-0.05, 0) is 31.7 Å². The van der Waals surface area contributed by atoms with Crippen LogP contribution in [-0.2, 0) is 6.54 Å². The number of nitrogens with one attached hydrogen (secondary N) is 1. The summed E-state index contributed by atoms with van der Waals surface area (Å²) in [5.74, 6) is 2.40. The summed E-state index contributed by atoms with van der Waals surface area (Å²) in [7, 11) is 0. The molecule has 4 heteroatoms. The first kappa shape index (κ1) is 13.6. The molecule has 0 bridgehead atoms. The van der Waals surface area contributed by atoms with Crippen molar-refractivity contribution < 1.29 is 14.6 Å². The second kappa shape index (κ2) is 5.92. The molecule has 0 unspecified atom stereocenters. The van der Waals surface area contributed by atoms with Gasteiger partial charge in [-0.1, -0.05) is 19.3 Å². The summed E-state index contributed by atoms with van der Waals surface area (Å²) < 4.78 is 10.6. The number of rotatable bonds is 4. The molecular weight excluding hydrogens is 254 g/mol. The zero-order valence-corrected chi connectivity index (χ0v) is 12.0. The summed E-state index contributed by atoms with van der Waals surface area (Å²) in [6.07, 6.45) is 6.73.